The first-order chi connectivity index (χ1) is 23.2. The SMILES string of the molecule is COc1cc(-c2cccc3c2Cc2ccccc2-3)ccc1OCCCOc1ccc(-c2cccc3c2Cc2ccccc2-3)cc1OC. The maximum atomic E-state index is 6.17. The van der Waals surface area contributed by atoms with Crippen LogP contribution in [0.3, 0.4) is 0 Å². The van der Waals surface area contributed by atoms with Crippen molar-refractivity contribution in [1.29, 1.82) is 0 Å². The predicted octanol–water partition coefficient (Wildman–Crippen LogP) is 10.0. The van der Waals surface area contributed by atoms with Gasteiger partial charge >= 0.3 is 0 Å². The molecule has 0 atom stereocenters. The highest BCUT2D eigenvalue weighted by Crippen LogP contribution is 2.44. The number of benzene rings is 6. The molecule has 0 unspecified atom stereocenters. The van der Waals surface area contributed by atoms with Crippen molar-refractivity contribution < 1.29 is 18.9 Å². The van der Waals surface area contributed by atoms with E-state index in [1.165, 1.54) is 55.6 Å². The third-order valence-corrected chi connectivity index (χ3v) is 9.45. The average molecular weight is 617 g/mol. The predicted molar refractivity (Wildman–Crippen MR) is 189 cm³/mol. The Morgan fingerprint density at radius 1 is 0.426 bits per heavy atom. The van der Waals surface area contributed by atoms with Crippen LogP contribution in [0.25, 0.3) is 44.5 Å². The largest absolute Gasteiger partial charge is 0.493 e. The van der Waals surface area contributed by atoms with E-state index in [1.54, 1.807) is 14.2 Å². The normalized spacial score (nSPS) is 12.1. The third kappa shape index (κ3) is 5.30. The quantitative estimate of drug-likeness (QED) is 0.143. The lowest BCUT2D eigenvalue weighted by Gasteiger charge is -2.15. The highest BCUT2D eigenvalue weighted by Gasteiger charge is 2.23. The fourth-order valence-corrected chi connectivity index (χ4v) is 7.19. The van der Waals surface area contributed by atoms with E-state index in [4.69, 9.17) is 18.9 Å². The molecular formula is C43H36O4. The Bertz CT molecular complexity index is 1960. The lowest BCUT2D eigenvalue weighted by Crippen LogP contribution is -2.06. The summed E-state index contributed by atoms with van der Waals surface area (Å²) in [5, 5.41) is 0. The molecule has 0 aliphatic heterocycles. The van der Waals surface area contributed by atoms with Crippen molar-refractivity contribution in [3.8, 4) is 67.5 Å². The van der Waals surface area contributed by atoms with Crippen molar-refractivity contribution in [3.05, 3.63) is 144 Å². The molecule has 232 valence electrons. The molecule has 2 aliphatic carbocycles. The molecule has 0 spiro atoms. The highest BCUT2D eigenvalue weighted by atomic mass is 16.5. The van der Waals surface area contributed by atoms with Crippen LogP contribution in [0.15, 0.2) is 121 Å². The molecule has 0 saturated heterocycles. The van der Waals surface area contributed by atoms with Crippen LogP contribution in [-0.2, 0) is 12.8 Å². The van der Waals surface area contributed by atoms with Gasteiger partial charge in [-0.25, -0.2) is 0 Å². The monoisotopic (exact) mass is 616 g/mol. The van der Waals surface area contributed by atoms with Gasteiger partial charge in [0.25, 0.3) is 0 Å². The van der Waals surface area contributed by atoms with Crippen molar-refractivity contribution in [2.24, 2.45) is 0 Å². The van der Waals surface area contributed by atoms with E-state index >= 15 is 0 Å². The molecule has 0 N–H and O–H groups in total. The van der Waals surface area contributed by atoms with Gasteiger partial charge in [0.15, 0.2) is 23.0 Å². The molecule has 2 aliphatic rings. The van der Waals surface area contributed by atoms with Crippen molar-refractivity contribution >= 4 is 0 Å². The number of hydrogen-bond acceptors (Lipinski definition) is 4. The van der Waals surface area contributed by atoms with E-state index in [1.807, 2.05) is 12.1 Å². The van der Waals surface area contributed by atoms with Crippen LogP contribution in [0.5, 0.6) is 23.0 Å². The van der Waals surface area contributed by atoms with Gasteiger partial charge in [0.1, 0.15) is 0 Å². The van der Waals surface area contributed by atoms with Crippen LogP contribution in [0, 0.1) is 0 Å². The summed E-state index contributed by atoms with van der Waals surface area (Å²) >= 11 is 0. The van der Waals surface area contributed by atoms with E-state index < -0.39 is 0 Å². The van der Waals surface area contributed by atoms with Crippen LogP contribution in [0.4, 0.5) is 0 Å². The molecule has 4 nitrogen and oxygen atoms in total. The molecule has 0 aromatic heterocycles. The third-order valence-electron chi connectivity index (χ3n) is 9.45. The second-order valence-corrected chi connectivity index (χ2v) is 12.1. The smallest absolute Gasteiger partial charge is 0.161 e. The Balaban J connectivity index is 0.912. The second kappa shape index (κ2) is 12.4. The fourth-order valence-electron chi connectivity index (χ4n) is 7.19. The van der Waals surface area contributed by atoms with E-state index in [9.17, 15) is 0 Å². The Morgan fingerprint density at radius 3 is 1.32 bits per heavy atom. The van der Waals surface area contributed by atoms with E-state index in [0.29, 0.717) is 19.6 Å². The molecule has 0 amide bonds. The van der Waals surface area contributed by atoms with Crippen LogP contribution in [0.2, 0.25) is 0 Å². The van der Waals surface area contributed by atoms with Crippen molar-refractivity contribution in [1.82, 2.24) is 0 Å². The molecule has 0 saturated carbocycles. The molecule has 0 radical (unpaired) electrons. The Labute approximate surface area is 276 Å². The Kier molecular flexibility index (Phi) is 7.62. The summed E-state index contributed by atoms with van der Waals surface area (Å²) in [4.78, 5) is 0. The first-order valence-electron chi connectivity index (χ1n) is 16.2. The summed E-state index contributed by atoms with van der Waals surface area (Å²) in [7, 11) is 3.39. The van der Waals surface area contributed by atoms with Crippen molar-refractivity contribution in [2.45, 2.75) is 19.3 Å². The van der Waals surface area contributed by atoms with Gasteiger partial charge in [-0.2, -0.15) is 0 Å². The van der Waals surface area contributed by atoms with Gasteiger partial charge in [-0.3, -0.25) is 0 Å². The Hall–Kier alpha value is -5.48. The molecule has 6 aromatic carbocycles. The van der Waals surface area contributed by atoms with Crippen LogP contribution in [-0.4, -0.2) is 27.4 Å². The summed E-state index contributed by atoms with van der Waals surface area (Å²) in [5.41, 5.74) is 15.5. The van der Waals surface area contributed by atoms with Crippen molar-refractivity contribution in [2.75, 3.05) is 27.4 Å². The minimum absolute atomic E-state index is 0.503. The lowest BCUT2D eigenvalue weighted by molar-refractivity contribution is 0.234. The van der Waals surface area contributed by atoms with Gasteiger partial charge in [0.2, 0.25) is 0 Å². The van der Waals surface area contributed by atoms with Gasteiger partial charge in [-0.15, -0.1) is 0 Å². The van der Waals surface area contributed by atoms with Crippen molar-refractivity contribution in [3.63, 3.8) is 0 Å². The highest BCUT2D eigenvalue weighted by molar-refractivity contribution is 5.86. The summed E-state index contributed by atoms with van der Waals surface area (Å²) in [5.74, 6) is 2.91. The summed E-state index contributed by atoms with van der Waals surface area (Å²) in [6, 6.07) is 42.9. The zero-order chi connectivity index (χ0) is 31.7. The maximum Gasteiger partial charge on any atom is 0.161 e. The molecular weight excluding hydrogens is 580 g/mol. The number of methoxy groups -OCH3 is 2. The standard InChI is InChI=1S/C43H36O4/c1-44-42-26-30(34-14-7-16-36-32-12-5-3-10-28(32)24-38(34)36)18-20-40(42)46-22-9-23-47-41-21-19-31(27-43(41)45-2)35-15-8-17-37-33-13-6-4-11-29(33)25-39(35)37/h3-8,10-21,26-27H,9,22-25H2,1-2H3. The van der Waals surface area contributed by atoms with Gasteiger partial charge in [0, 0.05) is 6.42 Å². The Morgan fingerprint density at radius 2 is 0.851 bits per heavy atom. The lowest BCUT2D eigenvalue weighted by atomic mass is 9.95. The van der Waals surface area contributed by atoms with Gasteiger partial charge in [0.05, 0.1) is 27.4 Å². The number of ether oxygens (including phenoxy) is 4. The average Bonchev–Trinajstić information content (AvgIpc) is 3.70. The molecule has 0 heterocycles. The fraction of sp³-hybridized carbons (Fsp3) is 0.163. The maximum absolute atomic E-state index is 6.17. The van der Waals surface area contributed by atoms with Gasteiger partial charge < -0.3 is 18.9 Å². The first kappa shape index (κ1) is 29.0. The minimum Gasteiger partial charge on any atom is -0.493 e. The van der Waals surface area contributed by atoms with Crippen LogP contribution in [0.1, 0.15) is 28.7 Å². The summed E-state index contributed by atoms with van der Waals surface area (Å²) in [6.45, 7) is 1.01. The number of fused-ring (bicyclic) bond motifs is 6. The first-order valence-corrected chi connectivity index (χ1v) is 16.2. The van der Waals surface area contributed by atoms with Gasteiger partial charge in [-0.1, -0.05) is 97.1 Å². The summed E-state index contributed by atoms with van der Waals surface area (Å²) in [6.07, 6.45) is 2.60. The van der Waals surface area contributed by atoms with E-state index in [2.05, 4.69) is 109 Å². The molecule has 47 heavy (non-hydrogen) atoms. The molecule has 0 fully saturated rings. The zero-order valence-corrected chi connectivity index (χ0v) is 26.7. The molecule has 0 bridgehead atoms. The van der Waals surface area contributed by atoms with E-state index in [-0.39, 0.29) is 0 Å². The molecule has 6 aromatic rings. The molecule has 8 rings (SSSR count). The van der Waals surface area contributed by atoms with Crippen LogP contribution >= 0.6 is 0 Å². The molecule has 4 heteroatoms. The summed E-state index contributed by atoms with van der Waals surface area (Å²) < 4.78 is 23.9. The number of rotatable bonds is 10. The minimum atomic E-state index is 0.503. The van der Waals surface area contributed by atoms with Crippen LogP contribution < -0.4 is 18.9 Å². The van der Waals surface area contributed by atoms with Gasteiger partial charge in [-0.05, 0) is 104 Å². The van der Waals surface area contributed by atoms with E-state index in [0.717, 1.165) is 47.0 Å². The zero-order valence-electron chi connectivity index (χ0n) is 26.7. The second-order valence-electron chi connectivity index (χ2n) is 12.1. The topological polar surface area (TPSA) is 36.9 Å². The number of hydrogen-bond donors (Lipinski definition) is 0.